The molecule has 23 heavy (non-hydrogen) atoms. The number of amides is 1. The van der Waals surface area contributed by atoms with E-state index in [1.54, 1.807) is 49.4 Å². The number of benzene rings is 2. The van der Waals surface area contributed by atoms with Crippen molar-refractivity contribution < 1.29 is 14.3 Å². The van der Waals surface area contributed by atoms with Crippen molar-refractivity contribution in [1.29, 1.82) is 5.26 Å². The van der Waals surface area contributed by atoms with Crippen LogP contribution in [0.25, 0.3) is 0 Å². The van der Waals surface area contributed by atoms with Crippen molar-refractivity contribution in [3.63, 3.8) is 0 Å². The zero-order chi connectivity index (χ0) is 16.8. The van der Waals surface area contributed by atoms with E-state index in [4.69, 9.17) is 26.3 Å². The van der Waals surface area contributed by atoms with Gasteiger partial charge in [0.2, 0.25) is 0 Å². The van der Waals surface area contributed by atoms with Gasteiger partial charge in [-0.1, -0.05) is 23.7 Å². The Morgan fingerprint density at radius 2 is 2.00 bits per heavy atom. The van der Waals surface area contributed by atoms with Crippen molar-refractivity contribution in [3.05, 3.63) is 53.1 Å². The van der Waals surface area contributed by atoms with E-state index in [-0.39, 0.29) is 5.91 Å². The first-order valence-electron chi connectivity index (χ1n) is 6.85. The van der Waals surface area contributed by atoms with Crippen LogP contribution in [0.2, 0.25) is 5.02 Å². The molecule has 1 amide bonds. The number of hydrogen-bond acceptors (Lipinski definition) is 4. The van der Waals surface area contributed by atoms with Gasteiger partial charge in [-0.2, -0.15) is 5.26 Å². The number of nitrogens with zero attached hydrogens (tertiary/aromatic N) is 1. The minimum absolute atomic E-state index is 0.357. The second kappa shape index (κ2) is 7.52. The lowest BCUT2D eigenvalue weighted by molar-refractivity contribution is -0.122. The topological polar surface area (TPSA) is 71.3 Å². The Bertz CT molecular complexity index is 756. The average Bonchev–Trinajstić information content (AvgIpc) is 2.55. The molecule has 0 saturated heterocycles. The highest BCUT2D eigenvalue weighted by Gasteiger charge is 2.18. The zero-order valence-electron chi connectivity index (χ0n) is 12.7. The van der Waals surface area contributed by atoms with Crippen molar-refractivity contribution in [2.75, 3.05) is 12.4 Å². The SMILES string of the molecule is COc1ccc(Cl)cc1NC(=O)C(C)Oc1ccccc1C#N. The Labute approximate surface area is 139 Å². The van der Waals surface area contributed by atoms with Crippen molar-refractivity contribution in [3.8, 4) is 17.6 Å². The maximum Gasteiger partial charge on any atom is 0.265 e. The number of methoxy groups -OCH3 is 1. The Kier molecular flexibility index (Phi) is 5.45. The van der Waals surface area contributed by atoms with Crippen LogP contribution in [0.3, 0.4) is 0 Å². The molecule has 0 spiro atoms. The van der Waals surface area contributed by atoms with Gasteiger partial charge in [0.25, 0.3) is 5.91 Å². The molecular formula is C17H15ClN2O3. The highest BCUT2D eigenvalue weighted by atomic mass is 35.5. The first-order chi connectivity index (χ1) is 11.0. The van der Waals surface area contributed by atoms with Gasteiger partial charge in [-0.3, -0.25) is 4.79 Å². The summed E-state index contributed by atoms with van der Waals surface area (Å²) in [4.78, 5) is 12.3. The average molecular weight is 331 g/mol. The molecule has 0 fully saturated rings. The summed E-state index contributed by atoms with van der Waals surface area (Å²) in [5.74, 6) is 0.474. The number of ether oxygens (including phenoxy) is 2. The monoisotopic (exact) mass is 330 g/mol. The van der Waals surface area contributed by atoms with Gasteiger partial charge < -0.3 is 14.8 Å². The summed E-state index contributed by atoms with van der Waals surface area (Å²) in [6, 6.07) is 13.7. The maximum absolute atomic E-state index is 12.3. The van der Waals surface area contributed by atoms with Crippen molar-refractivity contribution >= 4 is 23.2 Å². The van der Waals surface area contributed by atoms with Crippen LogP contribution in [0.5, 0.6) is 11.5 Å². The molecule has 0 aliphatic heterocycles. The lowest BCUT2D eigenvalue weighted by Crippen LogP contribution is -2.30. The first kappa shape index (κ1) is 16.7. The molecule has 0 aromatic heterocycles. The van der Waals surface area contributed by atoms with Gasteiger partial charge >= 0.3 is 0 Å². The highest BCUT2D eigenvalue weighted by molar-refractivity contribution is 6.31. The van der Waals surface area contributed by atoms with Crippen LogP contribution in [0.4, 0.5) is 5.69 Å². The number of hydrogen-bond donors (Lipinski definition) is 1. The summed E-state index contributed by atoms with van der Waals surface area (Å²) in [5.41, 5.74) is 0.821. The molecular weight excluding hydrogens is 316 g/mol. The second-order valence-corrected chi connectivity index (χ2v) is 5.14. The summed E-state index contributed by atoms with van der Waals surface area (Å²) >= 11 is 5.93. The fourth-order valence-electron chi connectivity index (χ4n) is 1.92. The molecule has 1 atom stereocenters. The Balaban J connectivity index is 2.12. The van der Waals surface area contributed by atoms with Gasteiger partial charge in [0.15, 0.2) is 6.10 Å². The highest BCUT2D eigenvalue weighted by Crippen LogP contribution is 2.28. The summed E-state index contributed by atoms with van der Waals surface area (Å²) in [6.07, 6.45) is -0.798. The van der Waals surface area contributed by atoms with Crippen LogP contribution in [-0.4, -0.2) is 19.1 Å². The number of para-hydroxylation sites is 1. The van der Waals surface area contributed by atoms with Gasteiger partial charge in [0, 0.05) is 5.02 Å². The number of rotatable bonds is 5. The van der Waals surface area contributed by atoms with Crippen molar-refractivity contribution in [1.82, 2.24) is 0 Å². The largest absolute Gasteiger partial charge is 0.495 e. The van der Waals surface area contributed by atoms with Crippen LogP contribution < -0.4 is 14.8 Å². The third-order valence-electron chi connectivity index (χ3n) is 3.10. The molecule has 2 aromatic rings. The van der Waals surface area contributed by atoms with Crippen molar-refractivity contribution in [2.45, 2.75) is 13.0 Å². The third kappa shape index (κ3) is 4.15. The van der Waals surface area contributed by atoms with Gasteiger partial charge in [0.1, 0.15) is 17.6 Å². The molecule has 0 aliphatic carbocycles. The smallest absolute Gasteiger partial charge is 0.265 e. The summed E-state index contributed by atoms with van der Waals surface area (Å²) in [7, 11) is 1.50. The molecule has 0 bridgehead atoms. The van der Waals surface area contributed by atoms with E-state index >= 15 is 0 Å². The van der Waals surface area contributed by atoms with E-state index < -0.39 is 6.10 Å². The minimum Gasteiger partial charge on any atom is -0.495 e. The van der Waals surface area contributed by atoms with Gasteiger partial charge in [-0.15, -0.1) is 0 Å². The van der Waals surface area contributed by atoms with Crippen LogP contribution in [-0.2, 0) is 4.79 Å². The molecule has 5 nitrogen and oxygen atoms in total. The summed E-state index contributed by atoms with van der Waals surface area (Å²) in [6.45, 7) is 1.60. The first-order valence-corrected chi connectivity index (χ1v) is 7.23. The minimum atomic E-state index is -0.798. The molecule has 0 saturated carbocycles. The van der Waals surface area contributed by atoms with Crippen molar-refractivity contribution in [2.24, 2.45) is 0 Å². The zero-order valence-corrected chi connectivity index (χ0v) is 13.4. The maximum atomic E-state index is 12.3. The fraction of sp³-hybridized carbons (Fsp3) is 0.176. The standard InChI is InChI=1S/C17H15ClN2O3/c1-11(23-15-6-4-3-5-12(15)10-19)17(21)20-14-9-13(18)7-8-16(14)22-2/h3-9,11H,1-2H3,(H,20,21). The van der Waals surface area contributed by atoms with Crippen LogP contribution in [0.15, 0.2) is 42.5 Å². The van der Waals surface area contributed by atoms with Crippen LogP contribution in [0, 0.1) is 11.3 Å². The predicted octanol–water partition coefficient (Wildman–Crippen LogP) is 3.63. The van der Waals surface area contributed by atoms with Gasteiger partial charge in [-0.05, 0) is 37.3 Å². The molecule has 2 aromatic carbocycles. The quantitative estimate of drug-likeness (QED) is 0.908. The van der Waals surface area contributed by atoms with E-state index in [0.29, 0.717) is 27.8 Å². The number of anilines is 1. The van der Waals surface area contributed by atoms with E-state index in [9.17, 15) is 4.79 Å². The summed E-state index contributed by atoms with van der Waals surface area (Å²) < 4.78 is 10.7. The second-order valence-electron chi connectivity index (χ2n) is 4.70. The van der Waals surface area contributed by atoms with Gasteiger partial charge in [0.05, 0.1) is 18.4 Å². The lowest BCUT2D eigenvalue weighted by Gasteiger charge is -2.16. The number of nitriles is 1. The van der Waals surface area contributed by atoms with Crippen LogP contribution >= 0.6 is 11.6 Å². The Morgan fingerprint density at radius 3 is 2.70 bits per heavy atom. The third-order valence-corrected chi connectivity index (χ3v) is 3.33. The molecule has 2 rings (SSSR count). The molecule has 118 valence electrons. The molecule has 6 heteroatoms. The normalized spacial score (nSPS) is 11.2. The number of halogens is 1. The molecule has 1 N–H and O–H groups in total. The Hall–Kier alpha value is -2.71. The number of carbonyl (C=O) groups excluding carboxylic acids is 1. The van der Waals surface area contributed by atoms with Gasteiger partial charge in [-0.25, -0.2) is 0 Å². The molecule has 1 unspecified atom stereocenters. The van der Waals surface area contributed by atoms with Crippen LogP contribution in [0.1, 0.15) is 12.5 Å². The molecule has 0 aliphatic rings. The predicted molar refractivity (Wildman–Crippen MR) is 87.9 cm³/mol. The Morgan fingerprint density at radius 1 is 1.26 bits per heavy atom. The van der Waals surface area contributed by atoms with E-state index in [2.05, 4.69) is 5.32 Å². The van der Waals surface area contributed by atoms with E-state index in [1.807, 2.05) is 6.07 Å². The number of nitrogens with one attached hydrogen (secondary N) is 1. The van der Waals surface area contributed by atoms with E-state index in [1.165, 1.54) is 7.11 Å². The van der Waals surface area contributed by atoms with E-state index in [0.717, 1.165) is 0 Å². The summed E-state index contributed by atoms with van der Waals surface area (Å²) in [5, 5.41) is 12.2. The fourth-order valence-corrected chi connectivity index (χ4v) is 2.09. The number of carbonyl (C=O) groups is 1. The molecule has 0 heterocycles. The molecule has 0 radical (unpaired) electrons. The lowest BCUT2D eigenvalue weighted by atomic mass is 10.2.